The Hall–Kier alpha value is -2.29. The number of hydrogen-bond acceptors (Lipinski definition) is 2. The van der Waals surface area contributed by atoms with E-state index in [2.05, 4.69) is 41.5 Å². The second-order valence-corrected chi connectivity index (χ2v) is 6.74. The molecule has 5 rings (SSSR count). The van der Waals surface area contributed by atoms with Gasteiger partial charge < -0.3 is 9.72 Å². The van der Waals surface area contributed by atoms with E-state index in [4.69, 9.17) is 9.72 Å². The highest BCUT2D eigenvalue weighted by Gasteiger charge is 2.21. The van der Waals surface area contributed by atoms with Crippen molar-refractivity contribution >= 4 is 11.0 Å². The Labute approximate surface area is 135 Å². The SMILES string of the molecule is c1cc2c(cc1-c1c[nH]c3nc(C4CCC4)ccc13)CCCO2. The first-order chi connectivity index (χ1) is 11.4. The average molecular weight is 304 g/mol. The molecule has 0 saturated heterocycles. The minimum Gasteiger partial charge on any atom is -0.493 e. The number of H-pyrrole nitrogens is 1. The third kappa shape index (κ3) is 2.14. The number of ether oxygens (including phenoxy) is 1. The Morgan fingerprint density at radius 3 is 2.91 bits per heavy atom. The van der Waals surface area contributed by atoms with Crippen molar-refractivity contribution in [1.29, 1.82) is 0 Å². The molecule has 1 saturated carbocycles. The van der Waals surface area contributed by atoms with Crippen molar-refractivity contribution in [1.82, 2.24) is 9.97 Å². The first-order valence-corrected chi connectivity index (χ1v) is 8.62. The van der Waals surface area contributed by atoms with Crippen LogP contribution in [0.2, 0.25) is 0 Å². The van der Waals surface area contributed by atoms with Gasteiger partial charge in [-0.25, -0.2) is 4.98 Å². The number of rotatable bonds is 2. The fourth-order valence-electron chi connectivity index (χ4n) is 3.72. The summed E-state index contributed by atoms with van der Waals surface area (Å²) < 4.78 is 5.72. The molecule has 116 valence electrons. The summed E-state index contributed by atoms with van der Waals surface area (Å²) in [6.07, 6.45) is 8.23. The molecule has 0 radical (unpaired) electrons. The number of nitrogens with one attached hydrogen (secondary N) is 1. The molecule has 3 heteroatoms. The maximum atomic E-state index is 5.72. The molecule has 3 nitrogen and oxygen atoms in total. The van der Waals surface area contributed by atoms with E-state index >= 15 is 0 Å². The highest BCUT2D eigenvalue weighted by atomic mass is 16.5. The first-order valence-electron chi connectivity index (χ1n) is 8.62. The molecule has 2 aliphatic rings. The van der Waals surface area contributed by atoms with Crippen molar-refractivity contribution in [2.45, 2.75) is 38.0 Å². The fourth-order valence-corrected chi connectivity index (χ4v) is 3.72. The molecule has 1 aliphatic heterocycles. The van der Waals surface area contributed by atoms with Crippen LogP contribution in [0.15, 0.2) is 36.5 Å². The van der Waals surface area contributed by atoms with Gasteiger partial charge in [0.05, 0.1) is 6.61 Å². The van der Waals surface area contributed by atoms with Crippen LogP contribution in [0.1, 0.15) is 42.9 Å². The molecule has 3 aromatic rings. The summed E-state index contributed by atoms with van der Waals surface area (Å²) in [5.74, 6) is 1.72. The third-order valence-electron chi connectivity index (χ3n) is 5.30. The van der Waals surface area contributed by atoms with Crippen LogP contribution in [-0.4, -0.2) is 16.6 Å². The van der Waals surface area contributed by atoms with E-state index in [1.807, 2.05) is 0 Å². The molecule has 0 unspecified atom stereocenters. The van der Waals surface area contributed by atoms with Gasteiger partial charge in [0.15, 0.2) is 0 Å². The second kappa shape index (κ2) is 5.12. The molecule has 1 aliphatic carbocycles. The van der Waals surface area contributed by atoms with Crippen molar-refractivity contribution in [2.75, 3.05) is 6.61 Å². The summed E-state index contributed by atoms with van der Waals surface area (Å²) in [5.41, 5.74) is 6.07. The fraction of sp³-hybridized carbons (Fsp3) is 0.350. The molecule has 0 atom stereocenters. The van der Waals surface area contributed by atoms with Crippen LogP contribution in [0.5, 0.6) is 5.75 Å². The van der Waals surface area contributed by atoms with Crippen molar-refractivity contribution < 1.29 is 4.74 Å². The van der Waals surface area contributed by atoms with E-state index in [9.17, 15) is 0 Å². The zero-order chi connectivity index (χ0) is 15.2. The van der Waals surface area contributed by atoms with Crippen molar-refractivity contribution in [3.8, 4) is 16.9 Å². The lowest BCUT2D eigenvalue weighted by atomic mass is 9.82. The van der Waals surface area contributed by atoms with Gasteiger partial charge in [-0.1, -0.05) is 12.5 Å². The van der Waals surface area contributed by atoms with Crippen LogP contribution >= 0.6 is 0 Å². The summed E-state index contributed by atoms with van der Waals surface area (Å²) in [4.78, 5) is 8.22. The number of hydrogen-bond donors (Lipinski definition) is 1. The molecular formula is C20H20N2O. The van der Waals surface area contributed by atoms with Crippen LogP contribution < -0.4 is 4.74 Å². The molecule has 1 aromatic carbocycles. The van der Waals surface area contributed by atoms with E-state index in [0.29, 0.717) is 5.92 Å². The highest BCUT2D eigenvalue weighted by Crippen LogP contribution is 2.37. The monoisotopic (exact) mass is 304 g/mol. The van der Waals surface area contributed by atoms with Crippen LogP contribution in [0.25, 0.3) is 22.2 Å². The smallest absolute Gasteiger partial charge is 0.138 e. The van der Waals surface area contributed by atoms with Crippen molar-refractivity contribution in [2.24, 2.45) is 0 Å². The standard InChI is InChI=1S/C20H20N2O/c1-3-13(4-1)18-8-7-16-17(12-21-20(16)22-18)14-6-9-19-15(11-14)5-2-10-23-19/h6-9,11-13H,1-5,10H2,(H,21,22). The summed E-state index contributed by atoms with van der Waals surface area (Å²) in [7, 11) is 0. The topological polar surface area (TPSA) is 37.9 Å². The number of aryl methyl sites for hydroxylation is 1. The average Bonchev–Trinajstić information content (AvgIpc) is 2.96. The zero-order valence-electron chi connectivity index (χ0n) is 13.1. The van der Waals surface area contributed by atoms with E-state index < -0.39 is 0 Å². The number of nitrogens with zero attached hydrogens (tertiary/aromatic N) is 1. The minimum absolute atomic E-state index is 0.673. The largest absolute Gasteiger partial charge is 0.493 e. The van der Waals surface area contributed by atoms with Gasteiger partial charge >= 0.3 is 0 Å². The molecule has 1 fully saturated rings. The normalized spacial score (nSPS) is 17.6. The predicted molar refractivity (Wildman–Crippen MR) is 91.9 cm³/mol. The van der Waals surface area contributed by atoms with E-state index in [1.54, 1.807) is 0 Å². The van der Waals surface area contributed by atoms with Gasteiger partial charge in [0.1, 0.15) is 11.4 Å². The maximum absolute atomic E-state index is 5.72. The number of aromatic nitrogens is 2. The Morgan fingerprint density at radius 1 is 1.09 bits per heavy atom. The lowest BCUT2D eigenvalue weighted by molar-refractivity contribution is 0.288. The molecule has 1 N–H and O–H groups in total. The zero-order valence-corrected chi connectivity index (χ0v) is 13.1. The first kappa shape index (κ1) is 13.2. The molecule has 2 aromatic heterocycles. The van der Waals surface area contributed by atoms with Gasteiger partial charge in [0.2, 0.25) is 0 Å². The van der Waals surface area contributed by atoms with Crippen molar-refractivity contribution in [3.05, 3.63) is 47.8 Å². The van der Waals surface area contributed by atoms with Crippen molar-refractivity contribution in [3.63, 3.8) is 0 Å². The molecule has 3 heterocycles. The number of aromatic amines is 1. The van der Waals surface area contributed by atoms with Gasteiger partial charge in [0.25, 0.3) is 0 Å². The minimum atomic E-state index is 0.673. The summed E-state index contributed by atoms with van der Waals surface area (Å²) in [6.45, 7) is 0.841. The van der Waals surface area contributed by atoms with Crippen LogP contribution in [0, 0.1) is 0 Å². The third-order valence-corrected chi connectivity index (χ3v) is 5.30. The Morgan fingerprint density at radius 2 is 2.04 bits per heavy atom. The molecule has 23 heavy (non-hydrogen) atoms. The molecule has 0 bridgehead atoms. The van der Waals surface area contributed by atoms with Gasteiger partial charge in [-0.2, -0.15) is 0 Å². The van der Waals surface area contributed by atoms with Crippen LogP contribution in [-0.2, 0) is 6.42 Å². The quantitative estimate of drug-likeness (QED) is 0.737. The number of pyridine rings is 1. The van der Waals surface area contributed by atoms with Crippen LogP contribution in [0.3, 0.4) is 0 Å². The summed E-state index contributed by atoms with van der Waals surface area (Å²) >= 11 is 0. The van der Waals surface area contributed by atoms with Gasteiger partial charge in [-0.15, -0.1) is 0 Å². The Balaban J connectivity index is 1.57. The van der Waals surface area contributed by atoms with Gasteiger partial charge in [-0.3, -0.25) is 0 Å². The Kier molecular flexibility index (Phi) is 2.93. The van der Waals surface area contributed by atoms with Gasteiger partial charge in [-0.05, 0) is 61.1 Å². The highest BCUT2D eigenvalue weighted by molar-refractivity contribution is 5.93. The maximum Gasteiger partial charge on any atom is 0.138 e. The molecule has 0 spiro atoms. The van der Waals surface area contributed by atoms with E-state index in [0.717, 1.165) is 30.8 Å². The lowest BCUT2D eigenvalue weighted by Crippen LogP contribution is -2.10. The summed E-state index contributed by atoms with van der Waals surface area (Å²) in [5, 5.41) is 1.21. The number of fused-ring (bicyclic) bond motifs is 2. The second-order valence-electron chi connectivity index (χ2n) is 6.74. The summed E-state index contributed by atoms with van der Waals surface area (Å²) in [6, 6.07) is 11.0. The Bertz CT molecular complexity index is 876. The number of benzene rings is 1. The van der Waals surface area contributed by atoms with Gasteiger partial charge in [0, 0.05) is 28.8 Å². The van der Waals surface area contributed by atoms with Crippen LogP contribution in [0.4, 0.5) is 0 Å². The molecule has 0 amide bonds. The molecular weight excluding hydrogens is 284 g/mol. The predicted octanol–water partition coefficient (Wildman–Crippen LogP) is 4.82. The van der Waals surface area contributed by atoms with E-state index in [1.165, 1.54) is 47.0 Å². The van der Waals surface area contributed by atoms with E-state index in [-0.39, 0.29) is 0 Å². The lowest BCUT2D eigenvalue weighted by Gasteiger charge is -2.24.